The number of halogens is 1. The van der Waals surface area contributed by atoms with Crippen LogP contribution in [0.25, 0.3) is 11.3 Å². The van der Waals surface area contributed by atoms with Crippen molar-refractivity contribution in [3.05, 3.63) is 35.5 Å². The largest absolute Gasteiger partial charge is 0.481 e. The number of likely N-dealkylation sites (tertiary alicyclic amines) is 1. The molecular weight excluding hydrogens is 315 g/mol. The van der Waals surface area contributed by atoms with Crippen LogP contribution in [0.1, 0.15) is 29.0 Å². The molecule has 2 aromatic rings. The molecule has 1 fully saturated rings. The van der Waals surface area contributed by atoms with Crippen LogP contribution in [0.4, 0.5) is 4.39 Å². The molecule has 0 saturated carbocycles. The van der Waals surface area contributed by atoms with Gasteiger partial charge in [-0.25, -0.2) is 4.39 Å². The number of carboxylic acid groups (broad SMARTS) is 1. The summed E-state index contributed by atoms with van der Waals surface area (Å²) in [5, 5.41) is 15.6. The van der Waals surface area contributed by atoms with Crippen LogP contribution in [0, 0.1) is 18.7 Å². The van der Waals surface area contributed by atoms with E-state index >= 15 is 0 Å². The van der Waals surface area contributed by atoms with Gasteiger partial charge in [-0.15, -0.1) is 0 Å². The molecule has 2 N–H and O–H groups in total. The summed E-state index contributed by atoms with van der Waals surface area (Å²) in [6.07, 6.45) is 1.98. The Kier molecular flexibility index (Phi) is 4.28. The zero-order chi connectivity index (χ0) is 17.3. The molecule has 7 nitrogen and oxygen atoms in total. The maximum Gasteiger partial charge on any atom is 0.306 e. The fourth-order valence-electron chi connectivity index (χ4n) is 2.81. The number of aromatic nitrogens is 3. The van der Waals surface area contributed by atoms with Crippen molar-refractivity contribution in [3.63, 3.8) is 0 Å². The molecule has 1 saturated heterocycles. The fourth-order valence-corrected chi connectivity index (χ4v) is 2.81. The molecule has 0 aliphatic carbocycles. The highest BCUT2D eigenvalue weighted by molar-refractivity contribution is 5.93. The van der Waals surface area contributed by atoms with Crippen molar-refractivity contribution in [2.24, 2.45) is 5.92 Å². The quantitative estimate of drug-likeness (QED) is 0.894. The van der Waals surface area contributed by atoms with Gasteiger partial charge in [0.15, 0.2) is 5.82 Å². The third-order valence-corrected chi connectivity index (χ3v) is 4.21. The first-order chi connectivity index (χ1) is 11.5. The summed E-state index contributed by atoms with van der Waals surface area (Å²) in [5.41, 5.74) is 1.52. The Morgan fingerprint density at radius 2 is 2.04 bits per heavy atom. The molecule has 3 heterocycles. The standard InChI is InChI=1S/C16H17FN4O3/c1-9-6-11(12(17)8-18-9)13-7-14(20-19-13)15(22)21-4-2-10(3-5-21)16(23)24/h6-8,10H,2-5H2,1H3,(H,19,20)(H,23,24). The number of rotatable bonds is 3. The maximum atomic E-state index is 13.9. The predicted octanol–water partition coefficient (Wildman–Crippen LogP) is 1.86. The van der Waals surface area contributed by atoms with E-state index in [1.807, 2.05) is 0 Å². The molecule has 1 aliphatic heterocycles. The van der Waals surface area contributed by atoms with E-state index in [9.17, 15) is 14.0 Å². The molecule has 0 spiro atoms. The number of pyridine rings is 1. The van der Waals surface area contributed by atoms with Gasteiger partial charge in [0.25, 0.3) is 5.91 Å². The van der Waals surface area contributed by atoms with Crippen LogP contribution in [-0.2, 0) is 4.79 Å². The normalized spacial score (nSPS) is 15.5. The zero-order valence-electron chi connectivity index (χ0n) is 13.1. The number of hydrogen-bond acceptors (Lipinski definition) is 4. The van der Waals surface area contributed by atoms with Gasteiger partial charge in [0.05, 0.1) is 17.8 Å². The molecule has 0 bridgehead atoms. The van der Waals surface area contributed by atoms with E-state index in [2.05, 4.69) is 15.2 Å². The second kappa shape index (κ2) is 6.38. The first kappa shape index (κ1) is 16.1. The average Bonchev–Trinajstić information content (AvgIpc) is 3.06. The second-order valence-electron chi connectivity index (χ2n) is 5.88. The SMILES string of the molecule is Cc1cc(-c2cc(C(=O)N3CCC(C(=O)O)CC3)[nH]n2)c(F)cn1. The minimum Gasteiger partial charge on any atom is -0.481 e. The Labute approximate surface area is 137 Å². The van der Waals surface area contributed by atoms with Gasteiger partial charge in [-0.05, 0) is 31.9 Å². The first-order valence-electron chi connectivity index (χ1n) is 7.65. The molecule has 2 aromatic heterocycles. The lowest BCUT2D eigenvalue weighted by Gasteiger charge is -2.29. The number of nitrogens with zero attached hydrogens (tertiary/aromatic N) is 3. The summed E-state index contributed by atoms with van der Waals surface area (Å²) < 4.78 is 13.9. The van der Waals surface area contributed by atoms with Crippen molar-refractivity contribution in [2.75, 3.05) is 13.1 Å². The Morgan fingerprint density at radius 1 is 1.33 bits per heavy atom. The number of aryl methyl sites for hydroxylation is 1. The zero-order valence-corrected chi connectivity index (χ0v) is 13.1. The van der Waals surface area contributed by atoms with Crippen molar-refractivity contribution < 1.29 is 19.1 Å². The monoisotopic (exact) mass is 332 g/mol. The van der Waals surface area contributed by atoms with Crippen LogP contribution in [0.5, 0.6) is 0 Å². The van der Waals surface area contributed by atoms with Crippen LogP contribution in [0.3, 0.4) is 0 Å². The smallest absolute Gasteiger partial charge is 0.306 e. The number of carboxylic acids is 1. The average molecular weight is 332 g/mol. The van der Waals surface area contributed by atoms with Gasteiger partial charge in [0, 0.05) is 24.3 Å². The predicted molar refractivity (Wildman–Crippen MR) is 82.8 cm³/mol. The number of piperidine rings is 1. The van der Waals surface area contributed by atoms with E-state index in [1.54, 1.807) is 17.9 Å². The summed E-state index contributed by atoms with van der Waals surface area (Å²) in [6.45, 7) is 2.51. The Bertz CT molecular complexity index is 781. The van der Waals surface area contributed by atoms with Gasteiger partial charge >= 0.3 is 5.97 Å². The summed E-state index contributed by atoms with van der Waals surface area (Å²) in [7, 11) is 0. The van der Waals surface area contributed by atoms with Crippen LogP contribution in [0.15, 0.2) is 18.3 Å². The van der Waals surface area contributed by atoms with E-state index in [-0.39, 0.29) is 17.2 Å². The molecular formula is C16H17FN4O3. The summed E-state index contributed by atoms with van der Waals surface area (Å²) in [4.78, 5) is 28.9. The summed E-state index contributed by atoms with van der Waals surface area (Å²) in [5.74, 6) is -1.99. The van der Waals surface area contributed by atoms with Crippen LogP contribution >= 0.6 is 0 Å². The molecule has 8 heteroatoms. The number of aromatic amines is 1. The van der Waals surface area contributed by atoms with Crippen molar-refractivity contribution in [1.29, 1.82) is 0 Å². The first-order valence-corrected chi connectivity index (χ1v) is 7.65. The number of H-pyrrole nitrogens is 1. The van der Waals surface area contributed by atoms with E-state index in [4.69, 9.17) is 5.11 Å². The van der Waals surface area contributed by atoms with Crippen LogP contribution in [-0.4, -0.2) is 50.2 Å². The third kappa shape index (κ3) is 3.12. The lowest BCUT2D eigenvalue weighted by Crippen LogP contribution is -2.40. The second-order valence-corrected chi connectivity index (χ2v) is 5.88. The van der Waals surface area contributed by atoms with Gasteiger partial charge in [-0.3, -0.25) is 19.7 Å². The maximum absolute atomic E-state index is 13.9. The van der Waals surface area contributed by atoms with Gasteiger partial charge in [0.2, 0.25) is 0 Å². The molecule has 126 valence electrons. The minimum atomic E-state index is -0.825. The van der Waals surface area contributed by atoms with Crippen molar-refractivity contribution in [1.82, 2.24) is 20.1 Å². The number of nitrogens with one attached hydrogen (secondary N) is 1. The van der Waals surface area contributed by atoms with Gasteiger partial charge in [0.1, 0.15) is 5.69 Å². The fraction of sp³-hybridized carbons (Fsp3) is 0.375. The topological polar surface area (TPSA) is 99.2 Å². The van der Waals surface area contributed by atoms with Crippen LogP contribution < -0.4 is 0 Å². The van der Waals surface area contributed by atoms with Gasteiger partial charge in [-0.2, -0.15) is 5.10 Å². The summed E-state index contributed by atoms with van der Waals surface area (Å²) >= 11 is 0. The molecule has 0 atom stereocenters. The molecule has 0 aromatic carbocycles. The van der Waals surface area contributed by atoms with Crippen LogP contribution in [0.2, 0.25) is 0 Å². The lowest BCUT2D eigenvalue weighted by atomic mass is 9.97. The highest BCUT2D eigenvalue weighted by atomic mass is 19.1. The number of aliphatic carboxylic acids is 1. The van der Waals surface area contributed by atoms with Gasteiger partial charge in [-0.1, -0.05) is 0 Å². The van der Waals surface area contributed by atoms with E-state index in [0.717, 1.165) is 6.20 Å². The highest BCUT2D eigenvalue weighted by Crippen LogP contribution is 2.23. The van der Waals surface area contributed by atoms with E-state index in [0.29, 0.717) is 37.3 Å². The molecule has 0 radical (unpaired) electrons. The van der Waals surface area contributed by atoms with Crippen molar-refractivity contribution >= 4 is 11.9 Å². The molecule has 1 aliphatic rings. The van der Waals surface area contributed by atoms with E-state index < -0.39 is 17.7 Å². The molecule has 24 heavy (non-hydrogen) atoms. The Hall–Kier alpha value is -2.77. The minimum absolute atomic E-state index is 0.257. The van der Waals surface area contributed by atoms with E-state index in [1.165, 1.54) is 6.07 Å². The Balaban J connectivity index is 1.75. The van der Waals surface area contributed by atoms with Crippen molar-refractivity contribution in [2.45, 2.75) is 19.8 Å². The molecule has 0 unspecified atom stereocenters. The summed E-state index contributed by atoms with van der Waals surface area (Å²) in [6, 6.07) is 3.07. The molecule has 1 amide bonds. The lowest BCUT2D eigenvalue weighted by molar-refractivity contribution is -0.143. The molecule has 3 rings (SSSR count). The highest BCUT2D eigenvalue weighted by Gasteiger charge is 2.28. The van der Waals surface area contributed by atoms with Crippen molar-refractivity contribution in [3.8, 4) is 11.3 Å². The third-order valence-electron chi connectivity index (χ3n) is 4.21. The number of amides is 1. The Morgan fingerprint density at radius 3 is 2.71 bits per heavy atom. The number of carbonyl (C=O) groups excluding carboxylic acids is 1. The number of carbonyl (C=O) groups is 2. The van der Waals surface area contributed by atoms with Gasteiger partial charge < -0.3 is 10.0 Å². The number of hydrogen-bond donors (Lipinski definition) is 2.